The van der Waals surface area contributed by atoms with Crippen molar-refractivity contribution in [3.8, 4) is 38.9 Å². The molecule has 0 saturated carbocycles. The van der Waals surface area contributed by atoms with Gasteiger partial charge < -0.3 is 0 Å². The van der Waals surface area contributed by atoms with Gasteiger partial charge in [-0.2, -0.15) is 5.26 Å². The highest BCUT2D eigenvalue weighted by molar-refractivity contribution is 7.21. The summed E-state index contributed by atoms with van der Waals surface area (Å²) >= 11 is 1.73. The van der Waals surface area contributed by atoms with Crippen molar-refractivity contribution in [2.45, 2.75) is 26.2 Å². The van der Waals surface area contributed by atoms with Crippen LogP contribution < -0.4 is 0 Å². The number of thiazole rings is 1. The zero-order valence-corrected chi connectivity index (χ0v) is 28.4. The summed E-state index contributed by atoms with van der Waals surface area (Å²) in [6.45, 7) is 6.80. The van der Waals surface area contributed by atoms with Crippen molar-refractivity contribution in [3.63, 3.8) is 0 Å². The average molecular weight is 648 g/mol. The van der Waals surface area contributed by atoms with Crippen molar-refractivity contribution in [3.05, 3.63) is 156 Å². The molecule has 0 aliphatic heterocycles. The van der Waals surface area contributed by atoms with E-state index in [-0.39, 0.29) is 5.41 Å². The number of aliphatic imine (C=N–C) groups is 1. The lowest BCUT2D eigenvalue weighted by Gasteiger charge is -2.21. The van der Waals surface area contributed by atoms with Crippen LogP contribution in [0.2, 0.25) is 0 Å². The summed E-state index contributed by atoms with van der Waals surface area (Å²) in [4.78, 5) is 10.4. The fourth-order valence-corrected chi connectivity index (χ4v) is 7.63. The van der Waals surface area contributed by atoms with E-state index in [1.54, 1.807) is 11.3 Å². The van der Waals surface area contributed by atoms with Gasteiger partial charge in [0.25, 0.3) is 0 Å². The van der Waals surface area contributed by atoms with Gasteiger partial charge in [0.05, 0.1) is 27.5 Å². The van der Waals surface area contributed by atoms with Crippen LogP contribution in [0.5, 0.6) is 0 Å². The molecule has 0 amide bonds. The summed E-state index contributed by atoms with van der Waals surface area (Å²) in [6, 6.07) is 50.8. The molecule has 0 atom stereocenters. The Kier molecular flexibility index (Phi) is 7.63. The van der Waals surface area contributed by atoms with Crippen LogP contribution >= 0.6 is 11.3 Å². The fraction of sp³-hybridized carbons (Fsp3) is 0.0889. The number of nitriles is 1. The molecular formula is C45H33N3S. The van der Waals surface area contributed by atoms with Crippen LogP contribution in [0.15, 0.2) is 145 Å². The number of aromatic nitrogens is 1. The second-order valence-electron chi connectivity index (χ2n) is 13.4. The number of hydrogen-bond acceptors (Lipinski definition) is 4. The Bertz CT molecular complexity index is 2590. The van der Waals surface area contributed by atoms with E-state index in [2.05, 4.69) is 136 Å². The Morgan fingerprint density at radius 1 is 0.653 bits per heavy atom. The predicted octanol–water partition coefficient (Wildman–Crippen LogP) is 12.5. The number of para-hydroxylation sites is 1. The molecule has 234 valence electrons. The molecule has 0 N–H and O–H groups in total. The van der Waals surface area contributed by atoms with Crippen LogP contribution in [-0.4, -0.2) is 11.2 Å². The third-order valence-corrected chi connectivity index (χ3v) is 10.2. The van der Waals surface area contributed by atoms with E-state index in [1.807, 2.05) is 36.5 Å². The van der Waals surface area contributed by atoms with Crippen molar-refractivity contribution in [1.82, 2.24) is 4.98 Å². The molecule has 49 heavy (non-hydrogen) atoms. The highest BCUT2D eigenvalue weighted by atomic mass is 32.1. The Morgan fingerprint density at radius 3 is 2.10 bits per heavy atom. The van der Waals surface area contributed by atoms with E-state index in [0.29, 0.717) is 5.56 Å². The molecule has 0 unspecified atom stereocenters. The lowest BCUT2D eigenvalue weighted by molar-refractivity contribution is 0.591. The van der Waals surface area contributed by atoms with Gasteiger partial charge in [0, 0.05) is 22.9 Å². The van der Waals surface area contributed by atoms with Crippen molar-refractivity contribution in [2.24, 2.45) is 4.99 Å². The lowest BCUT2D eigenvalue weighted by atomic mass is 9.84. The first-order valence-electron chi connectivity index (χ1n) is 16.5. The Hall–Kier alpha value is -5.89. The predicted molar refractivity (Wildman–Crippen MR) is 208 cm³/mol. The molecule has 1 aromatic heterocycles. The van der Waals surface area contributed by atoms with E-state index in [1.165, 1.54) is 27.1 Å². The van der Waals surface area contributed by atoms with E-state index < -0.39 is 0 Å². The maximum Gasteiger partial charge on any atom is 0.126 e. The van der Waals surface area contributed by atoms with Gasteiger partial charge in [-0.15, -0.1) is 11.3 Å². The van der Waals surface area contributed by atoms with Gasteiger partial charge in [-0.05, 0) is 85.6 Å². The summed E-state index contributed by atoms with van der Waals surface area (Å²) in [5.41, 5.74) is 10.4. The quantitative estimate of drug-likeness (QED) is 0.175. The van der Waals surface area contributed by atoms with E-state index in [9.17, 15) is 5.26 Å². The zero-order valence-electron chi connectivity index (χ0n) is 27.6. The van der Waals surface area contributed by atoms with Crippen LogP contribution in [0.25, 0.3) is 64.6 Å². The van der Waals surface area contributed by atoms with E-state index in [4.69, 9.17) is 9.98 Å². The van der Waals surface area contributed by atoms with Crippen molar-refractivity contribution < 1.29 is 0 Å². The van der Waals surface area contributed by atoms with Crippen LogP contribution in [0, 0.1) is 11.3 Å². The lowest BCUT2D eigenvalue weighted by Crippen LogP contribution is -2.11. The van der Waals surface area contributed by atoms with Gasteiger partial charge in [-0.25, -0.2) is 4.98 Å². The fourth-order valence-electron chi connectivity index (χ4n) is 6.56. The van der Waals surface area contributed by atoms with Crippen LogP contribution in [0.4, 0.5) is 5.69 Å². The van der Waals surface area contributed by atoms with Gasteiger partial charge in [-0.3, -0.25) is 4.99 Å². The molecule has 0 saturated heterocycles. The first-order valence-corrected chi connectivity index (χ1v) is 17.3. The molecule has 0 fully saturated rings. The highest BCUT2D eigenvalue weighted by Gasteiger charge is 2.22. The summed E-state index contributed by atoms with van der Waals surface area (Å²) in [5.74, 6) is 0. The molecular weight excluding hydrogens is 615 g/mol. The number of nitrogens with zero attached hydrogens (tertiary/aromatic N) is 3. The normalized spacial score (nSPS) is 11.9. The molecule has 7 aromatic carbocycles. The monoisotopic (exact) mass is 647 g/mol. The molecule has 3 nitrogen and oxygen atoms in total. The summed E-state index contributed by atoms with van der Waals surface area (Å²) in [5, 5.41) is 15.0. The first-order chi connectivity index (χ1) is 23.9. The zero-order chi connectivity index (χ0) is 33.5. The van der Waals surface area contributed by atoms with Crippen molar-refractivity contribution >= 4 is 55.0 Å². The van der Waals surface area contributed by atoms with Crippen molar-refractivity contribution in [2.75, 3.05) is 0 Å². The molecule has 0 aliphatic carbocycles. The second-order valence-corrected chi connectivity index (χ2v) is 14.4. The molecule has 0 radical (unpaired) electrons. The average Bonchev–Trinajstić information content (AvgIpc) is 3.57. The summed E-state index contributed by atoms with van der Waals surface area (Å²) < 4.78 is 1.16. The minimum atomic E-state index is -0.0496. The van der Waals surface area contributed by atoms with Gasteiger partial charge in [0.1, 0.15) is 5.01 Å². The number of rotatable bonds is 5. The molecule has 4 heteroatoms. The third kappa shape index (κ3) is 5.69. The first kappa shape index (κ1) is 30.4. The second kappa shape index (κ2) is 12.3. The summed E-state index contributed by atoms with van der Waals surface area (Å²) in [7, 11) is 0. The van der Waals surface area contributed by atoms with Crippen LogP contribution in [-0.2, 0) is 5.41 Å². The van der Waals surface area contributed by atoms with Gasteiger partial charge >= 0.3 is 0 Å². The number of benzene rings is 7. The van der Waals surface area contributed by atoms with Crippen LogP contribution in [0.3, 0.4) is 0 Å². The molecule has 8 rings (SSSR count). The van der Waals surface area contributed by atoms with E-state index in [0.717, 1.165) is 54.3 Å². The highest BCUT2D eigenvalue weighted by Crippen LogP contribution is 2.44. The standard InChI is InChI=1S/C45H33N3S/c1-45(2,3)33-25-40(38-24-23-35(36-15-6-7-16-37(36)38)31-21-19-29(27-46)20-22-31)43-42(26-33)49-44(48-43)39-17-8-9-18-41(39)47-28-32-13-10-12-30-11-4-5-14-34(30)32/h4-26,28H,1-3H3. The minimum Gasteiger partial charge on any atom is -0.256 e. The molecule has 1 heterocycles. The molecule has 0 aliphatic rings. The van der Waals surface area contributed by atoms with Gasteiger partial charge in [0.2, 0.25) is 0 Å². The largest absolute Gasteiger partial charge is 0.256 e. The maximum absolute atomic E-state index is 9.34. The van der Waals surface area contributed by atoms with E-state index >= 15 is 0 Å². The van der Waals surface area contributed by atoms with Gasteiger partial charge in [0.15, 0.2) is 0 Å². The topological polar surface area (TPSA) is 49.0 Å². The Balaban J connectivity index is 1.29. The van der Waals surface area contributed by atoms with Crippen LogP contribution in [0.1, 0.15) is 37.5 Å². The molecule has 0 spiro atoms. The maximum atomic E-state index is 9.34. The number of fused-ring (bicyclic) bond motifs is 3. The molecule has 0 bridgehead atoms. The minimum absolute atomic E-state index is 0.0496. The summed E-state index contributed by atoms with van der Waals surface area (Å²) in [6.07, 6.45) is 1.97. The van der Waals surface area contributed by atoms with Gasteiger partial charge in [-0.1, -0.05) is 124 Å². The third-order valence-electron chi connectivity index (χ3n) is 9.20. The smallest absolute Gasteiger partial charge is 0.126 e. The Labute approximate surface area is 290 Å². The molecule has 8 aromatic rings. The Morgan fingerprint density at radius 2 is 1.33 bits per heavy atom. The SMILES string of the molecule is CC(C)(C)c1cc(-c2ccc(-c3ccc(C#N)cc3)c3ccccc23)c2nc(-c3ccccc3N=Cc3cccc4ccccc34)sc2c1. The van der Waals surface area contributed by atoms with Crippen molar-refractivity contribution in [1.29, 1.82) is 5.26 Å². The number of hydrogen-bond donors (Lipinski definition) is 0.